The van der Waals surface area contributed by atoms with Crippen LogP contribution >= 0.6 is 0 Å². The first-order valence-corrected chi connectivity index (χ1v) is 7.12. The van der Waals surface area contributed by atoms with Crippen LogP contribution in [0.2, 0.25) is 0 Å². The summed E-state index contributed by atoms with van der Waals surface area (Å²) < 4.78 is 11.0. The minimum atomic E-state index is 0.380. The van der Waals surface area contributed by atoms with E-state index in [9.17, 15) is 0 Å². The third kappa shape index (κ3) is 3.31. The minimum absolute atomic E-state index is 0.380. The second kappa shape index (κ2) is 7.04. The van der Waals surface area contributed by atoms with E-state index in [4.69, 9.17) is 15.2 Å². The van der Waals surface area contributed by atoms with Crippen LogP contribution in [0, 0.1) is 0 Å². The van der Waals surface area contributed by atoms with E-state index in [1.807, 2.05) is 18.2 Å². The van der Waals surface area contributed by atoms with Crippen molar-refractivity contribution < 1.29 is 9.47 Å². The summed E-state index contributed by atoms with van der Waals surface area (Å²) in [5, 5.41) is 8.44. The average molecular weight is 287 g/mol. The molecule has 0 spiro atoms. The highest BCUT2D eigenvalue weighted by atomic mass is 16.5. The van der Waals surface area contributed by atoms with Crippen LogP contribution in [-0.4, -0.2) is 17.3 Å². The van der Waals surface area contributed by atoms with E-state index < -0.39 is 0 Å². The molecule has 0 unspecified atom stereocenters. The zero-order valence-electron chi connectivity index (χ0n) is 12.7. The molecular weight excluding hydrogens is 266 g/mol. The third-order valence-electron chi connectivity index (χ3n) is 3.38. The summed E-state index contributed by atoms with van der Waals surface area (Å²) in [6.07, 6.45) is 1.70. The Labute approximate surface area is 125 Å². The summed E-state index contributed by atoms with van der Waals surface area (Å²) in [7, 11) is 1.62. The van der Waals surface area contributed by atoms with Gasteiger partial charge in [-0.3, -0.25) is 0 Å². The maximum atomic E-state index is 5.89. The van der Waals surface area contributed by atoms with Crippen LogP contribution in [0.4, 0.5) is 0 Å². The number of nitrogens with zero attached hydrogens (tertiary/aromatic N) is 2. The van der Waals surface area contributed by atoms with Crippen LogP contribution in [0.15, 0.2) is 24.3 Å². The van der Waals surface area contributed by atoms with Gasteiger partial charge in [-0.2, -0.15) is 5.10 Å². The van der Waals surface area contributed by atoms with E-state index in [1.165, 1.54) is 0 Å². The molecule has 0 amide bonds. The van der Waals surface area contributed by atoms with E-state index in [-0.39, 0.29) is 0 Å². The second-order valence-corrected chi connectivity index (χ2v) is 4.60. The topological polar surface area (TPSA) is 70.3 Å². The number of nitrogens with two attached hydrogens (primary N) is 1. The van der Waals surface area contributed by atoms with E-state index in [1.54, 1.807) is 13.2 Å². The summed E-state index contributed by atoms with van der Waals surface area (Å²) in [5.74, 6) is 1.86. The maximum Gasteiger partial charge on any atom is 0.243 e. The summed E-state index contributed by atoms with van der Waals surface area (Å²) in [5.41, 5.74) is 8.93. The Bertz CT molecular complexity index is 614. The van der Waals surface area contributed by atoms with Gasteiger partial charge >= 0.3 is 0 Å². The van der Waals surface area contributed by atoms with Crippen LogP contribution in [0.3, 0.4) is 0 Å². The smallest absolute Gasteiger partial charge is 0.243 e. The predicted octanol–water partition coefficient (Wildman–Crippen LogP) is 2.86. The quantitative estimate of drug-likeness (QED) is 0.884. The first-order chi connectivity index (χ1) is 10.2. The molecule has 0 aliphatic heterocycles. The van der Waals surface area contributed by atoms with E-state index >= 15 is 0 Å². The van der Waals surface area contributed by atoms with Crippen molar-refractivity contribution in [2.24, 2.45) is 5.73 Å². The molecule has 5 heteroatoms. The van der Waals surface area contributed by atoms with Gasteiger partial charge in [0.1, 0.15) is 11.5 Å². The SMILES string of the molecule is CCc1nnc(Oc2cccc(OC)c2)c(CN)c1CC. The van der Waals surface area contributed by atoms with Crippen LogP contribution < -0.4 is 15.2 Å². The molecule has 5 nitrogen and oxygen atoms in total. The summed E-state index contributed by atoms with van der Waals surface area (Å²) >= 11 is 0. The van der Waals surface area contributed by atoms with Crippen molar-refractivity contribution >= 4 is 0 Å². The predicted molar refractivity (Wildman–Crippen MR) is 81.7 cm³/mol. The number of rotatable bonds is 6. The van der Waals surface area contributed by atoms with Gasteiger partial charge < -0.3 is 15.2 Å². The normalized spacial score (nSPS) is 10.5. The fraction of sp³-hybridized carbons (Fsp3) is 0.375. The lowest BCUT2D eigenvalue weighted by Crippen LogP contribution is -2.10. The summed E-state index contributed by atoms with van der Waals surface area (Å²) in [4.78, 5) is 0. The van der Waals surface area contributed by atoms with Crippen molar-refractivity contribution in [3.05, 3.63) is 41.1 Å². The zero-order valence-corrected chi connectivity index (χ0v) is 12.7. The molecule has 1 heterocycles. The van der Waals surface area contributed by atoms with Crippen molar-refractivity contribution in [2.75, 3.05) is 7.11 Å². The summed E-state index contributed by atoms with van der Waals surface area (Å²) in [6, 6.07) is 7.38. The van der Waals surface area contributed by atoms with Crippen molar-refractivity contribution in [1.29, 1.82) is 0 Å². The Morgan fingerprint density at radius 2 is 1.81 bits per heavy atom. The van der Waals surface area contributed by atoms with Gasteiger partial charge in [0, 0.05) is 18.2 Å². The van der Waals surface area contributed by atoms with Crippen LogP contribution in [0.1, 0.15) is 30.7 Å². The van der Waals surface area contributed by atoms with Gasteiger partial charge in [-0.05, 0) is 30.5 Å². The van der Waals surface area contributed by atoms with Gasteiger partial charge in [-0.15, -0.1) is 5.10 Å². The van der Waals surface area contributed by atoms with Crippen LogP contribution in [-0.2, 0) is 19.4 Å². The Hall–Kier alpha value is -2.14. The Balaban J connectivity index is 2.39. The first kappa shape index (κ1) is 15.3. The maximum absolute atomic E-state index is 5.89. The highest BCUT2D eigenvalue weighted by Gasteiger charge is 2.15. The number of methoxy groups -OCH3 is 1. The molecule has 2 rings (SSSR count). The van der Waals surface area contributed by atoms with Gasteiger partial charge in [0.15, 0.2) is 0 Å². The lowest BCUT2D eigenvalue weighted by molar-refractivity contribution is 0.405. The van der Waals surface area contributed by atoms with E-state index in [0.29, 0.717) is 18.2 Å². The number of hydrogen-bond acceptors (Lipinski definition) is 5. The van der Waals surface area contributed by atoms with Gasteiger partial charge in [-0.1, -0.05) is 19.9 Å². The molecule has 21 heavy (non-hydrogen) atoms. The van der Waals surface area contributed by atoms with Gasteiger partial charge in [-0.25, -0.2) is 0 Å². The molecular formula is C16H21N3O2. The van der Waals surface area contributed by atoms with Crippen LogP contribution in [0.25, 0.3) is 0 Å². The molecule has 1 aromatic heterocycles. The van der Waals surface area contributed by atoms with Crippen molar-refractivity contribution in [1.82, 2.24) is 10.2 Å². The van der Waals surface area contributed by atoms with Crippen molar-refractivity contribution in [2.45, 2.75) is 33.2 Å². The molecule has 0 saturated heterocycles. The van der Waals surface area contributed by atoms with E-state index in [0.717, 1.165) is 35.4 Å². The van der Waals surface area contributed by atoms with Gasteiger partial charge in [0.2, 0.25) is 5.88 Å². The number of ether oxygens (including phenoxy) is 2. The lowest BCUT2D eigenvalue weighted by atomic mass is 10.0. The van der Waals surface area contributed by atoms with Gasteiger partial charge in [0.25, 0.3) is 0 Å². The molecule has 0 radical (unpaired) electrons. The Morgan fingerprint density at radius 3 is 2.43 bits per heavy atom. The second-order valence-electron chi connectivity index (χ2n) is 4.60. The molecule has 2 aromatic rings. The number of benzene rings is 1. The average Bonchev–Trinajstić information content (AvgIpc) is 2.54. The molecule has 0 saturated carbocycles. The molecule has 0 bridgehead atoms. The highest BCUT2D eigenvalue weighted by Crippen LogP contribution is 2.28. The third-order valence-corrected chi connectivity index (χ3v) is 3.38. The standard InChI is InChI=1S/C16H21N3O2/c1-4-13-14(10-17)16(19-18-15(13)5-2)21-12-8-6-7-11(9-12)20-3/h6-9H,4-5,10,17H2,1-3H3. The molecule has 0 aliphatic rings. The number of aryl methyl sites for hydroxylation is 1. The number of hydrogen-bond donors (Lipinski definition) is 1. The molecule has 2 N–H and O–H groups in total. The largest absolute Gasteiger partial charge is 0.497 e. The first-order valence-electron chi connectivity index (χ1n) is 7.12. The lowest BCUT2D eigenvalue weighted by Gasteiger charge is -2.14. The molecule has 112 valence electrons. The number of aromatic nitrogens is 2. The Kier molecular flexibility index (Phi) is 5.11. The fourth-order valence-electron chi connectivity index (χ4n) is 2.30. The monoisotopic (exact) mass is 287 g/mol. The van der Waals surface area contributed by atoms with Crippen molar-refractivity contribution in [3.63, 3.8) is 0 Å². The molecule has 1 aromatic carbocycles. The zero-order chi connectivity index (χ0) is 15.2. The Morgan fingerprint density at radius 1 is 1.05 bits per heavy atom. The molecule has 0 fully saturated rings. The fourth-order valence-corrected chi connectivity index (χ4v) is 2.30. The summed E-state index contributed by atoms with van der Waals surface area (Å²) in [6.45, 7) is 4.53. The van der Waals surface area contributed by atoms with E-state index in [2.05, 4.69) is 24.0 Å². The molecule has 0 aliphatic carbocycles. The molecule has 0 atom stereocenters. The van der Waals surface area contributed by atoms with Crippen molar-refractivity contribution in [3.8, 4) is 17.4 Å². The van der Waals surface area contributed by atoms with Crippen LogP contribution in [0.5, 0.6) is 17.4 Å². The van der Waals surface area contributed by atoms with Gasteiger partial charge in [0.05, 0.1) is 12.8 Å². The highest BCUT2D eigenvalue weighted by molar-refractivity contribution is 5.41. The minimum Gasteiger partial charge on any atom is -0.497 e.